The summed E-state index contributed by atoms with van der Waals surface area (Å²) in [5.41, 5.74) is 2.41. The van der Waals surface area contributed by atoms with Crippen molar-refractivity contribution in [1.29, 1.82) is 0 Å². The van der Waals surface area contributed by atoms with E-state index in [1.165, 1.54) is 6.42 Å². The second-order valence-electron chi connectivity index (χ2n) is 7.17. The molecule has 0 aliphatic carbocycles. The van der Waals surface area contributed by atoms with Gasteiger partial charge in [-0.05, 0) is 55.2 Å². The van der Waals surface area contributed by atoms with E-state index >= 15 is 0 Å². The van der Waals surface area contributed by atoms with Gasteiger partial charge in [0, 0.05) is 36.6 Å². The number of fused-ring (bicyclic) bond motifs is 1. The molecule has 1 unspecified atom stereocenters. The third-order valence-electron chi connectivity index (χ3n) is 5.11. The third-order valence-corrected chi connectivity index (χ3v) is 5.11. The molecule has 6 heteroatoms. The zero-order valence-corrected chi connectivity index (χ0v) is 15.1. The summed E-state index contributed by atoms with van der Waals surface area (Å²) in [6.07, 6.45) is 5.73. The summed E-state index contributed by atoms with van der Waals surface area (Å²) < 4.78 is 1.89. The number of carboxylic acids is 1. The van der Waals surface area contributed by atoms with Gasteiger partial charge in [0.2, 0.25) is 0 Å². The Labute approximate surface area is 157 Å². The van der Waals surface area contributed by atoms with E-state index in [9.17, 15) is 9.59 Å². The van der Waals surface area contributed by atoms with Crippen LogP contribution in [0.25, 0.3) is 16.7 Å². The molecule has 1 saturated heterocycles. The normalized spacial score (nSPS) is 17.2. The predicted octanol–water partition coefficient (Wildman–Crippen LogP) is 3.60. The first-order valence-corrected chi connectivity index (χ1v) is 9.13. The van der Waals surface area contributed by atoms with Crippen molar-refractivity contribution in [1.82, 2.24) is 14.5 Å². The van der Waals surface area contributed by atoms with Gasteiger partial charge in [-0.25, -0.2) is 9.78 Å². The Morgan fingerprint density at radius 2 is 1.93 bits per heavy atom. The lowest BCUT2D eigenvalue weighted by atomic mass is 9.99. The lowest BCUT2D eigenvalue weighted by Gasteiger charge is -2.30. The van der Waals surface area contributed by atoms with Crippen molar-refractivity contribution in [2.45, 2.75) is 19.8 Å². The zero-order valence-electron chi connectivity index (χ0n) is 15.1. The van der Waals surface area contributed by atoms with Crippen LogP contribution in [0.15, 0.2) is 48.8 Å². The first-order chi connectivity index (χ1) is 13.0. The molecule has 0 radical (unpaired) electrons. The first-order valence-electron chi connectivity index (χ1n) is 9.13. The molecule has 3 aromatic rings. The van der Waals surface area contributed by atoms with Crippen molar-refractivity contribution in [3.63, 3.8) is 0 Å². The summed E-state index contributed by atoms with van der Waals surface area (Å²) in [6, 6.07) is 10.4. The molecule has 1 aliphatic heterocycles. The van der Waals surface area contributed by atoms with E-state index < -0.39 is 5.97 Å². The van der Waals surface area contributed by atoms with Crippen LogP contribution in [0.1, 0.15) is 40.5 Å². The topological polar surface area (TPSA) is 75.4 Å². The molecule has 1 atom stereocenters. The monoisotopic (exact) mass is 363 g/mol. The van der Waals surface area contributed by atoms with Gasteiger partial charge in [0.05, 0.1) is 11.1 Å². The highest BCUT2D eigenvalue weighted by molar-refractivity contribution is 5.97. The van der Waals surface area contributed by atoms with E-state index in [0.717, 1.165) is 36.2 Å². The summed E-state index contributed by atoms with van der Waals surface area (Å²) >= 11 is 0. The Balaban J connectivity index is 1.63. The molecule has 6 nitrogen and oxygen atoms in total. The Morgan fingerprint density at radius 3 is 2.63 bits per heavy atom. The summed E-state index contributed by atoms with van der Waals surface area (Å²) in [5.74, 6) is -0.379. The van der Waals surface area contributed by atoms with E-state index in [1.54, 1.807) is 30.5 Å². The van der Waals surface area contributed by atoms with Crippen molar-refractivity contribution in [3.05, 3.63) is 59.9 Å². The second-order valence-corrected chi connectivity index (χ2v) is 7.17. The molecule has 138 valence electrons. The lowest BCUT2D eigenvalue weighted by molar-refractivity contribution is 0.0679. The van der Waals surface area contributed by atoms with E-state index in [2.05, 4.69) is 11.9 Å². The lowest BCUT2D eigenvalue weighted by Crippen LogP contribution is -2.39. The number of carbonyl (C=O) groups is 2. The van der Waals surface area contributed by atoms with Gasteiger partial charge in [0.25, 0.3) is 5.91 Å². The predicted molar refractivity (Wildman–Crippen MR) is 102 cm³/mol. The van der Waals surface area contributed by atoms with Gasteiger partial charge < -0.3 is 14.6 Å². The molecule has 0 spiro atoms. The van der Waals surface area contributed by atoms with Gasteiger partial charge in [0.15, 0.2) is 0 Å². The van der Waals surface area contributed by atoms with Crippen LogP contribution >= 0.6 is 0 Å². The van der Waals surface area contributed by atoms with Gasteiger partial charge in [-0.15, -0.1) is 0 Å². The van der Waals surface area contributed by atoms with Crippen molar-refractivity contribution in [3.8, 4) is 5.69 Å². The van der Waals surface area contributed by atoms with Crippen LogP contribution < -0.4 is 0 Å². The third kappa shape index (κ3) is 3.30. The molecule has 1 amide bonds. The zero-order chi connectivity index (χ0) is 19.0. The number of rotatable bonds is 3. The number of nitrogens with zero attached hydrogens (tertiary/aromatic N) is 3. The Morgan fingerprint density at radius 1 is 1.15 bits per heavy atom. The van der Waals surface area contributed by atoms with Crippen molar-refractivity contribution >= 4 is 22.9 Å². The van der Waals surface area contributed by atoms with E-state index in [0.29, 0.717) is 11.5 Å². The molecule has 3 heterocycles. The Hall–Kier alpha value is -3.15. The maximum absolute atomic E-state index is 12.8. The fourth-order valence-corrected chi connectivity index (χ4v) is 3.67. The fourth-order valence-electron chi connectivity index (χ4n) is 3.67. The molecular formula is C21H21N3O3. The molecule has 1 aliphatic rings. The molecule has 27 heavy (non-hydrogen) atoms. The van der Waals surface area contributed by atoms with Crippen molar-refractivity contribution < 1.29 is 14.7 Å². The highest BCUT2D eigenvalue weighted by Crippen LogP contribution is 2.22. The highest BCUT2D eigenvalue weighted by Gasteiger charge is 2.22. The van der Waals surface area contributed by atoms with E-state index in [-0.39, 0.29) is 11.5 Å². The minimum absolute atomic E-state index is 0.0366. The van der Waals surface area contributed by atoms with Gasteiger partial charge in [-0.2, -0.15) is 0 Å². The number of benzene rings is 1. The average Bonchev–Trinajstić information content (AvgIpc) is 3.10. The second kappa shape index (κ2) is 6.87. The Kier molecular flexibility index (Phi) is 4.39. The minimum Gasteiger partial charge on any atom is -0.478 e. The first kappa shape index (κ1) is 17.3. The molecule has 1 aromatic carbocycles. The van der Waals surface area contributed by atoms with E-state index in [1.807, 2.05) is 27.8 Å². The molecule has 1 N–H and O–H groups in total. The van der Waals surface area contributed by atoms with Gasteiger partial charge in [-0.3, -0.25) is 4.79 Å². The molecule has 0 saturated carbocycles. The van der Waals surface area contributed by atoms with Crippen LogP contribution in [-0.2, 0) is 0 Å². The van der Waals surface area contributed by atoms with Crippen molar-refractivity contribution in [2.75, 3.05) is 13.1 Å². The molecule has 2 aromatic heterocycles. The summed E-state index contributed by atoms with van der Waals surface area (Å²) in [7, 11) is 0. The van der Waals surface area contributed by atoms with Gasteiger partial charge >= 0.3 is 5.97 Å². The van der Waals surface area contributed by atoms with Crippen LogP contribution in [0.5, 0.6) is 0 Å². The van der Waals surface area contributed by atoms with Crippen LogP contribution in [0.4, 0.5) is 0 Å². The molecule has 0 bridgehead atoms. The SMILES string of the molecule is CC1CCCN(C(=O)c2cnc3c(ccn3-c3ccc(C(=O)O)cc3)c2)C1. The number of aromatic nitrogens is 2. The van der Waals surface area contributed by atoms with E-state index in [4.69, 9.17) is 5.11 Å². The number of amides is 1. The van der Waals surface area contributed by atoms with Gasteiger partial charge in [0.1, 0.15) is 5.65 Å². The number of hydrogen-bond donors (Lipinski definition) is 1. The van der Waals surface area contributed by atoms with Crippen LogP contribution in [0.3, 0.4) is 0 Å². The largest absolute Gasteiger partial charge is 0.478 e. The number of piperidine rings is 1. The number of carbonyl (C=O) groups excluding carboxylic acids is 1. The van der Waals surface area contributed by atoms with Crippen LogP contribution in [0.2, 0.25) is 0 Å². The number of carboxylic acid groups (broad SMARTS) is 1. The number of aromatic carboxylic acids is 1. The van der Waals surface area contributed by atoms with Gasteiger partial charge in [-0.1, -0.05) is 6.92 Å². The average molecular weight is 363 g/mol. The van der Waals surface area contributed by atoms with Crippen LogP contribution in [-0.4, -0.2) is 44.5 Å². The van der Waals surface area contributed by atoms with Crippen LogP contribution in [0, 0.1) is 5.92 Å². The molecule has 4 rings (SSSR count). The number of likely N-dealkylation sites (tertiary alicyclic amines) is 1. The smallest absolute Gasteiger partial charge is 0.335 e. The molecular weight excluding hydrogens is 342 g/mol. The molecule has 1 fully saturated rings. The van der Waals surface area contributed by atoms with Crippen molar-refractivity contribution in [2.24, 2.45) is 5.92 Å². The fraction of sp³-hybridized carbons (Fsp3) is 0.286. The highest BCUT2D eigenvalue weighted by atomic mass is 16.4. The summed E-state index contributed by atoms with van der Waals surface area (Å²) in [6.45, 7) is 3.78. The maximum Gasteiger partial charge on any atom is 0.335 e. The summed E-state index contributed by atoms with van der Waals surface area (Å²) in [5, 5.41) is 9.91. The number of hydrogen-bond acceptors (Lipinski definition) is 3. The Bertz CT molecular complexity index is 1010. The maximum atomic E-state index is 12.8. The summed E-state index contributed by atoms with van der Waals surface area (Å²) in [4.78, 5) is 30.2. The number of pyridine rings is 1. The standard InChI is InChI=1S/C21H21N3O3/c1-14-3-2-9-23(13-14)20(25)17-11-16-8-10-24(19(16)22-12-17)18-6-4-15(5-7-18)21(26)27/h4-8,10-12,14H,2-3,9,13H2,1H3,(H,26,27). The minimum atomic E-state index is -0.952. The quantitative estimate of drug-likeness (QED) is 0.771.